The number of nitrogens with one attached hydrogen (secondary N) is 1. The highest BCUT2D eigenvalue weighted by Gasteiger charge is 2.47. The topological polar surface area (TPSA) is 144 Å². The Bertz CT molecular complexity index is 950. The SMILES string of the molecule is CCN[C@H](C(=O)O)C(C)C.O=C1CCC(N2C(=O)c3cccc(F)c3C2=O)C(=O)N1CCO. The average Bonchev–Trinajstić information content (AvgIpc) is 3.01. The highest BCUT2D eigenvalue weighted by atomic mass is 19.1. The Balaban J connectivity index is 0.000000328. The zero-order valence-corrected chi connectivity index (χ0v) is 18.7. The number of aliphatic hydroxyl groups excluding tert-OH is 1. The maximum Gasteiger partial charge on any atom is 0.320 e. The molecule has 1 unspecified atom stereocenters. The van der Waals surface area contributed by atoms with Crippen molar-refractivity contribution in [3.05, 3.63) is 35.1 Å². The molecular formula is C22H28FN3O7. The monoisotopic (exact) mass is 465 g/mol. The van der Waals surface area contributed by atoms with Crippen LogP contribution in [0.15, 0.2) is 18.2 Å². The van der Waals surface area contributed by atoms with Crippen LogP contribution in [0.4, 0.5) is 4.39 Å². The summed E-state index contributed by atoms with van der Waals surface area (Å²) in [4.78, 5) is 60.9. The molecule has 2 aliphatic heterocycles. The molecule has 3 rings (SSSR count). The molecule has 0 aliphatic carbocycles. The first-order valence-electron chi connectivity index (χ1n) is 10.6. The highest BCUT2D eigenvalue weighted by molar-refractivity contribution is 6.23. The summed E-state index contributed by atoms with van der Waals surface area (Å²) in [6.45, 7) is 5.77. The molecule has 0 aromatic heterocycles. The van der Waals surface area contributed by atoms with Crippen molar-refractivity contribution in [3.63, 3.8) is 0 Å². The van der Waals surface area contributed by atoms with Gasteiger partial charge in [0, 0.05) is 6.42 Å². The van der Waals surface area contributed by atoms with Gasteiger partial charge < -0.3 is 15.5 Å². The van der Waals surface area contributed by atoms with E-state index in [0.717, 1.165) is 11.0 Å². The lowest BCUT2D eigenvalue weighted by atomic mass is 10.0. The number of β-amino-alcohol motifs (C(OH)–C–C–N with tert-alkyl or cyclic N) is 1. The largest absolute Gasteiger partial charge is 0.480 e. The molecule has 33 heavy (non-hydrogen) atoms. The second-order valence-electron chi connectivity index (χ2n) is 7.92. The number of benzene rings is 1. The Hall–Kier alpha value is -3.18. The van der Waals surface area contributed by atoms with Crippen molar-refractivity contribution in [1.82, 2.24) is 15.1 Å². The number of piperidine rings is 1. The number of imide groups is 2. The number of likely N-dealkylation sites (tertiary alicyclic amines) is 1. The van der Waals surface area contributed by atoms with Crippen LogP contribution >= 0.6 is 0 Å². The van der Waals surface area contributed by atoms with Crippen LogP contribution in [0.2, 0.25) is 0 Å². The maximum absolute atomic E-state index is 13.8. The molecule has 2 heterocycles. The van der Waals surface area contributed by atoms with Crippen LogP contribution in [0.5, 0.6) is 0 Å². The number of hydrogen-bond donors (Lipinski definition) is 3. The summed E-state index contributed by atoms with van der Waals surface area (Å²) in [6.07, 6.45) is -0.0427. The maximum atomic E-state index is 13.8. The van der Waals surface area contributed by atoms with Gasteiger partial charge in [0.05, 0.1) is 24.3 Å². The van der Waals surface area contributed by atoms with E-state index in [9.17, 15) is 28.4 Å². The summed E-state index contributed by atoms with van der Waals surface area (Å²) in [5, 5.41) is 20.4. The van der Waals surface area contributed by atoms with E-state index in [1.807, 2.05) is 20.8 Å². The van der Waals surface area contributed by atoms with E-state index >= 15 is 0 Å². The summed E-state index contributed by atoms with van der Waals surface area (Å²) in [5.74, 6) is -4.27. The first-order chi connectivity index (χ1) is 15.6. The van der Waals surface area contributed by atoms with Gasteiger partial charge in [-0.15, -0.1) is 0 Å². The van der Waals surface area contributed by atoms with Crippen LogP contribution in [0.25, 0.3) is 0 Å². The summed E-state index contributed by atoms with van der Waals surface area (Å²) in [6, 6.07) is 2.14. The smallest absolute Gasteiger partial charge is 0.320 e. The molecule has 10 nitrogen and oxygen atoms in total. The number of carboxylic acid groups (broad SMARTS) is 1. The van der Waals surface area contributed by atoms with Crippen molar-refractivity contribution < 1.29 is 38.6 Å². The minimum Gasteiger partial charge on any atom is -0.480 e. The molecule has 4 amide bonds. The molecule has 1 aromatic rings. The van der Waals surface area contributed by atoms with Crippen molar-refractivity contribution in [3.8, 4) is 0 Å². The molecule has 1 aromatic carbocycles. The fourth-order valence-corrected chi connectivity index (χ4v) is 3.77. The van der Waals surface area contributed by atoms with Crippen molar-refractivity contribution in [1.29, 1.82) is 0 Å². The molecule has 180 valence electrons. The third-order valence-electron chi connectivity index (χ3n) is 5.37. The number of amides is 4. The number of likely N-dealkylation sites (N-methyl/N-ethyl adjacent to an activating group) is 1. The van der Waals surface area contributed by atoms with E-state index in [1.165, 1.54) is 12.1 Å². The van der Waals surface area contributed by atoms with E-state index in [1.54, 1.807) is 0 Å². The Labute approximate surface area is 190 Å². The Morgan fingerprint density at radius 2 is 1.88 bits per heavy atom. The third-order valence-corrected chi connectivity index (χ3v) is 5.37. The fourth-order valence-electron chi connectivity index (χ4n) is 3.77. The summed E-state index contributed by atoms with van der Waals surface area (Å²) in [7, 11) is 0. The Morgan fingerprint density at radius 1 is 1.21 bits per heavy atom. The van der Waals surface area contributed by atoms with Crippen LogP contribution in [-0.4, -0.2) is 81.4 Å². The quantitative estimate of drug-likeness (QED) is 0.498. The van der Waals surface area contributed by atoms with Gasteiger partial charge in [0.25, 0.3) is 17.7 Å². The number of halogens is 1. The number of carbonyl (C=O) groups excluding carboxylic acids is 4. The molecule has 1 fully saturated rings. The molecule has 2 aliphatic rings. The lowest BCUT2D eigenvalue weighted by Crippen LogP contribution is -2.56. The fraction of sp³-hybridized carbons (Fsp3) is 0.500. The van der Waals surface area contributed by atoms with E-state index in [0.29, 0.717) is 11.4 Å². The third kappa shape index (κ3) is 5.42. The van der Waals surface area contributed by atoms with E-state index < -0.39 is 54.1 Å². The van der Waals surface area contributed by atoms with E-state index in [-0.39, 0.29) is 36.4 Å². The molecule has 0 saturated carbocycles. The number of aliphatic hydroxyl groups is 1. The Kier molecular flexibility index (Phi) is 8.77. The zero-order valence-electron chi connectivity index (χ0n) is 18.7. The van der Waals surface area contributed by atoms with Crippen LogP contribution in [0, 0.1) is 11.7 Å². The van der Waals surface area contributed by atoms with Gasteiger partial charge in [0.15, 0.2) is 0 Å². The highest BCUT2D eigenvalue weighted by Crippen LogP contribution is 2.30. The summed E-state index contributed by atoms with van der Waals surface area (Å²) < 4.78 is 13.8. The summed E-state index contributed by atoms with van der Waals surface area (Å²) in [5.41, 5.74) is -0.440. The van der Waals surface area contributed by atoms with Gasteiger partial charge >= 0.3 is 5.97 Å². The van der Waals surface area contributed by atoms with Gasteiger partial charge in [-0.1, -0.05) is 26.8 Å². The van der Waals surface area contributed by atoms with Gasteiger partial charge in [-0.2, -0.15) is 0 Å². The minimum absolute atomic E-state index is 0.00726. The van der Waals surface area contributed by atoms with Gasteiger partial charge in [0.1, 0.15) is 17.9 Å². The van der Waals surface area contributed by atoms with Gasteiger partial charge in [0.2, 0.25) is 5.91 Å². The first-order valence-corrected chi connectivity index (χ1v) is 10.6. The van der Waals surface area contributed by atoms with Gasteiger partial charge in [-0.05, 0) is 31.0 Å². The molecule has 1 saturated heterocycles. The number of carbonyl (C=O) groups is 5. The van der Waals surface area contributed by atoms with Crippen molar-refractivity contribution in [2.24, 2.45) is 5.92 Å². The lowest BCUT2D eigenvalue weighted by molar-refractivity contribution is -0.152. The minimum atomic E-state index is -1.16. The number of aliphatic carboxylic acids is 1. The van der Waals surface area contributed by atoms with Crippen LogP contribution < -0.4 is 5.32 Å². The van der Waals surface area contributed by atoms with Crippen molar-refractivity contribution in [2.75, 3.05) is 19.7 Å². The van der Waals surface area contributed by atoms with Crippen LogP contribution in [0.3, 0.4) is 0 Å². The summed E-state index contributed by atoms with van der Waals surface area (Å²) >= 11 is 0. The van der Waals surface area contributed by atoms with E-state index in [4.69, 9.17) is 10.2 Å². The van der Waals surface area contributed by atoms with E-state index in [2.05, 4.69) is 5.32 Å². The number of nitrogens with zero attached hydrogens (tertiary/aromatic N) is 2. The predicted molar refractivity (Wildman–Crippen MR) is 114 cm³/mol. The number of hydrogen-bond acceptors (Lipinski definition) is 7. The molecule has 11 heteroatoms. The molecular weight excluding hydrogens is 437 g/mol. The molecule has 0 spiro atoms. The molecule has 0 radical (unpaired) electrons. The molecule has 0 bridgehead atoms. The van der Waals surface area contributed by atoms with Crippen molar-refractivity contribution >= 4 is 29.6 Å². The average molecular weight is 465 g/mol. The number of rotatable bonds is 7. The van der Waals surface area contributed by atoms with Crippen LogP contribution in [0.1, 0.15) is 54.3 Å². The standard InChI is InChI=1S/C15H13FN2O5.C7H15NO2/c16-9-3-1-2-8-12(9)15(23)18(13(8)21)10-4-5-11(20)17(6-7-19)14(10)22;1-4-8-6(5(2)3)7(9)10/h1-3,10,19H,4-7H2;5-6,8H,4H2,1-3H3,(H,9,10)/t;6-/m.0/s1. The second-order valence-corrected chi connectivity index (χ2v) is 7.92. The first kappa shape index (κ1) is 26.1. The number of carboxylic acids is 1. The normalized spacial score (nSPS) is 18.9. The molecule has 2 atom stereocenters. The van der Waals surface area contributed by atoms with Crippen molar-refractivity contribution in [2.45, 2.75) is 45.7 Å². The lowest BCUT2D eigenvalue weighted by Gasteiger charge is -2.34. The van der Waals surface area contributed by atoms with Gasteiger partial charge in [-0.3, -0.25) is 33.8 Å². The van der Waals surface area contributed by atoms with Crippen LogP contribution in [-0.2, 0) is 14.4 Å². The zero-order chi connectivity index (χ0) is 24.9. The number of fused-ring (bicyclic) bond motifs is 1. The Morgan fingerprint density at radius 3 is 2.36 bits per heavy atom. The van der Waals surface area contributed by atoms with Gasteiger partial charge in [-0.25, -0.2) is 4.39 Å². The molecule has 3 N–H and O–H groups in total. The predicted octanol–water partition coefficient (Wildman–Crippen LogP) is 0.637. The second kappa shape index (κ2) is 11.1.